The van der Waals surface area contributed by atoms with E-state index in [1.54, 1.807) is 17.0 Å². The minimum absolute atomic E-state index is 0.00268. The van der Waals surface area contributed by atoms with Crippen LogP contribution in [0.15, 0.2) is 48.5 Å². The van der Waals surface area contributed by atoms with Crippen LogP contribution in [0.1, 0.15) is 25.8 Å². The second kappa shape index (κ2) is 9.26. The zero-order valence-electron chi connectivity index (χ0n) is 16.3. The number of carbonyl (C=O) groups excluding carboxylic acids is 2. The van der Waals surface area contributed by atoms with Gasteiger partial charge < -0.3 is 19.7 Å². The van der Waals surface area contributed by atoms with Crippen LogP contribution in [-0.4, -0.2) is 36.5 Å². The Bertz CT molecular complexity index is 823. The van der Waals surface area contributed by atoms with Crippen LogP contribution >= 0.6 is 0 Å². The number of carbonyl (C=O) groups is 2. The van der Waals surface area contributed by atoms with Gasteiger partial charge in [-0.3, -0.25) is 9.59 Å². The minimum Gasteiger partial charge on any atom is -0.494 e. The molecule has 6 heteroatoms. The van der Waals surface area contributed by atoms with Gasteiger partial charge >= 0.3 is 0 Å². The Kier molecular flexibility index (Phi) is 6.53. The fourth-order valence-electron chi connectivity index (χ4n) is 3.28. The molecule has 1 unspecified atom stereocenters. The van der Waals surface area contributed by atoms with Gasteiger partial charge in [0, 0.05) is 25.6 Å². The summed E-state index contributed by atoms with van der Waals surface area (Å²) in [5.41, 5.74) is 1.62. The number of nitrogens with one attached hydrogen (secondary N) is 1. The topological polar surface area (TPSA) is 67.9 Å². The molecule has 1 fully saturated rings. The highest BCUT2D eigenvalue weighted by molar-refractivity contribution is 5.98. The van der Waals surface area contributed by atoms with Crippen molar-refractivity contribution in [2.24, 2.45) is 5.92 Å². The summed E-state index contributed by atoms with van der Waals surface area (Å²) in [4.78, 5) is 26.9. The molecule has 3 rings (SSSR count). The summed E-state index contributed by atoms with van der Waals surface area (Å²) in [5, 5.41) is 2.92. The van der Waals surface area contributed by atoms with Crippen LogP contribution in [0.5, 0.6) is 11.5 Å². The number of hydrogen-bond acceptors (Lipinski definition) is 4. The average molecular weight is 382 g/mol. The van der Waals surface area contributed by atoms with E-state index in [9.17, 15) is 9.59 Å². The highest BCUT2D eigenvalue weighted by Crippen LogP contribution is 2.31. The lowest BCUT2D eigenvalue weighted by Crippen LogP contribution is -2.28. The summed E-state index contributed by atoms with van der Waals surface area (Å²) in [7, 11) is 0. The largest absolute Gasteiger partial charge is 0.494 e. The molecule has 2 amide bonds. The second-order valence-corrected chi connectivity index (χ2v) is 6.67. The molecule has 28 heavy (non-hydrogen) atoms. The van der Waals surface area contributed by atoms with Crippen LogP contribution in [-0.2, 0) is 16.1 Å². The number of nitrogens with zero attached hydrogens (tertiary/aromatic N) is 1. The van der Waals surface area contributed by atoms with E-state index in [-0.39, 0.29) is 24.2 Å². The monoisotopic (exact) mass is 382 g/mol. The van der Waals surface area contributed by atoms with Crippen LogP contribution < -0.4 is 14.8 Å². The first-order chi connectivity index (χ1) is 13.6. The van der Waals surface area contributed by atoms with Gasteiger partial charge in [-0.2, -0.15) is 0 Å². The number of amides is 2. The van der Waals surface area contributed by atoms with Crippen molar-refractivity contribution in [3.8, 4) is 11.5 Å². The van der Waals surface area contributed by atoms with Crippen LogP contribution in [0.2, 0.25) is 0 Å². The summed E-state index contributed by atoms with van der Waals surface area (Å²) in [6.07, 6.45) is 0.216. The van der Waals surface area contributed by atoms with Crippen molar-refractivity contribution in [3.05, 3.63) is 54.1 Å². The summed E-state index contributed by atoms with van der Waals surface area (Å²) in [5.74, 6) is 0.677. The second-order valence-electron chi connectivity index (χ2n) is 6.67. The molecule has 0 bridgehead atoms. The van der Waals surface area contributed by atoms with Gasteiger partial charge in [-0.1, -0.05) is 30.3 Å². The van der Waals surface area contributed by atoms with E-state index in [0.29, 0.717) is 43.5 Å². The predicted molar refractivity (Wildman–Crippen MR) is 107 cm³/mol. The van der Waals surface area contributed by atoms with Crippen molar-refractivity contribution >= 4 is 17.5 Å². The number of ether oxygens (including phenoxy) is 2. The summed E-state index contributed by atoms with van der Waals surface area (Å²) < 4.78 is 11.1. The van der Waals surface area contributed by atoms with Gasteiger partial charge in [0.2, 0.25) is 11.8 Å². The molecule has 1 N–H and O–H groups in total. The zero-order valence-corrected chi connectivity index (χ0v) is 16.3. The minimum atomic E-state index is -0.388. The van der Waals surface area contributed by atoms with Gasteiger partial charge in [0.25, 0.3) is 0 Å². The molecule has 148 valence electrons. The quantitative estimate of drug-likeness (QED) is 0.759. The molecular weight excluding hydrogens is 356 g/mol. The van der Waals surface area contributed by atoms with E-state index in [1.165, 1.54) is 0 Å². The molecule has 0 aromatic heterocycles. The van der Waals surface area contributed by atoms with Gasteiger partial charge in [-0.05, 0) is 31.5 Å². The summed E-state index contributed by atoms with van der Waals surface area (Å²) >= 11 is 0. The normalized spacial score (nSPS) is 16.1. The number of rotatable bonds is 8. The first kappa shape index (κ1) is 19.7. The van der Waals surface area contributed by atoms with Crippen molar-refractivity contribution in [2.75, 3.05) is 25.1 Å². The Morgan fingerprint density at radius 3 is 2.57 bits per heavy atom. The third kappa shape index (κ3) is 4.82. The molecule has 1 aliphatic rings. The van der Waals surface area contributed by atoms with Crippen molar-refractivity contribution < 1.29 is 19.1 Å². The van der Waals surface area contributed by atoms with E-state index in [1.807, 2.05) is 50.2 Å². The third-order valence-electron chi connectivity index (χ3n) is 4.62. The highest BCUT2D eigenvalue weighted by atomic mass is 16.5. The Labute approximate surface area is 165 Å². The van der Waals surface area contributed by atoms with Crippen molar-refractivity contribution in [3.63, 3.8) is 0 Å². The lowest BCUT2D eigenvalue weighted by atomic mass is 10.1. The molecule has 0 radical (unpaired) electrons. The molecule has 1 heterocycles. The fourth-order valence-corrected chi connectivity index (χ4v) is 3.28. The molecule has 1 aliphatic heterocycles. The van der Waals surface area contributed by atoms with Gasteiger partial charge in [0.15, 0.2) is 0 Å². The smallest absolute Gasteiger partial charge is 0.229 e. The number of benzene rings is 2. The summed E-state index contributed by atoms with van der Waals surface area (Å²) in [6.45, 7) is 5.75. The lowest BCUT2D eigenvalue weighted by Gasteiger charge is -2.17. The van der Waals surface area contributed by atoms with Crippen molar-refractivity contribution in [1.82, 2.24) is 4.90 Å². The van der Waals surface area contributed by atoms with Crippen molar-refractivity contribution in [1.29, 1.82) is 0 Å². The standard InChI is InChI=1S/C22H26N2O4/c1-3-27-18-10-11-20(28-4-2)19(13-18)23-22(26)17-12-21(25)24(15-17)14-16-8-6-5-7-9-16/h5-11,13,17H,3-4,12,14-15H2,1-2H3,(H,23,26). The lowest BCUT2D eigenvalue weighted by molar-refractivity contribution is -0.128. The zero-order chi connectivity index (χ0) is 19.9. The molecule has 1 atom stereocenters. The van der Waals surface area contributed by atoms with E-state index >= 15 is 0 Å². The Morgan fingerprint density at radius 2 is 1.86 bits per heavy atom. The molecule has 0 aliphatic carbocycles. The maximum atomic E-state index is 12.8. The average Bonchev–Trinajstić information content (AvgIpc) is 3.06. The maximum absolute atomic E-state index is 12.8. The van der Waals surface area contributed by atoms with Gasteiger partial charge in [-0.15, -0.1) is 0 Å². The van der Waals surface area contributed by atoms with Gasteiger partial charge in [0.05, 0.1) is 24.8 Å². The number of hydrogen-bond donors (Lipinski definition) is 1. The maximum Gasteiger partial charge on any atom is 0.229 e. The first-order valence-electron chi connectivity index (χ1n) is 9.63. The molecule has 1 saturated heterocycles. The van der Waals surface area contributed by atoms with Crippen LogP contribution in [0.4, 0.5) is 5.69 Å². The van der Waals surface area contributed by atoms with E-state index in [0.717, 1.165) is 5.56 Å². The van der Waals surface area contributed by atoms with E-state index in [4.69, 9.17) is 9.47 Å². The van der Waals surface area contributed by atoms with Crippen molar-refractivity contribution in [2.45, 2.75) is 26.8 Å². The van der Waals surface area contributed by atoms with Gasteiger partial charge in [0.1, 0.15) is 11.5 Å². The molecule has 6 nitrogen and oxygen atoms in total. The van der Waals surface area contributed by atoms with Crippen LogP contribution in [0.25, 0.3) is 0 Å². The number of likely N-dealkylation sites (tertiary alicyclic amines) is 1. The van der Waals surface area contributed by atoms with Crippen LogP contribution in [0, 0.1) is 5.92 Å². The molecular formula is C22H26N2O4. The summed E-state index contributed by atoms with van der Waals surface area (Å²) in [6, 6.07) is 15.1. The molecule has 0 spiro atoms. The first-order valence-corrected chi connectivity index (χ1v) is 9.63. The highest BCUT2D eigenvalue weighted by Gasteiger charge is 2.34. The number of anilines is 1. The SMILES string of the molecule is CCOc1ccc(OCC)c(NC(=O)C2CC(=O)N(Cc3ccccc3)C2)c1. The van der Waals surface area contributed by atoms with Crippen LogP contribution in [0.3, 0.4) is 0 Å². The Morgan fingerprint density at radius 1 is 1.11 bits per heavy atom. The fraction of sp³-hybridized carbons (Fsp3) is 0.364. The van der Waals surface area contributed by atoms with E-state index < -0.39 is 0 Å². The molecule has 2 aromatic rings. The van der Waals surface area contributed by atoms with Gasteiger partial charge in [-0.25, -0.2) is 0 Å². The third-order valence-corrected chi connectivity index (χ3v) is 4.62. The Balaban J connectivity index is 1.67. The Hall–Kier alpha value is -3.02. The van der Waals surface area contributed by atoms with E-state index in [2.05, 4.69) is 5.32 Å². The predicted octanol–water partition coefficient (Wildman–Crippen LogP) is 3.47. The molecule has 2 aromatic carbocycles. The molecule has 0 saturated carbocycles.